The molecule has 1 aromatic heterocycles. The van der Waals surface area contributed by atoms with Crippen molar-refractivity contribution in [3.63, 3.8) is 0 Å². The molecule has 1 unspecified atom stereocenters. The third-order valence-electron chi connectivity index (χ3n) is 4.27. The second-order valence-electron chi connectivity index (χ2n) is 5.71. The maximum Gasteiger partial charge on any atom is 0.251 e. The lowest BCUT2D eigenvalue weighted by Crippen LogP contribution is -2.42. The van der Waals surface area contributed by atoms with E-state index in [9.17, 15) is 9.90 Å². The summed E-state index contributed by atoms with van der Waals surface area (Å²) < 4.78 is 0. The highest BCUT2D eigenvalue weighted by atomic mass is 35.5. The summed E-state index contributed by atoms with van der Waals surface area (Å²) in [5, 5.41) is 11.3. The largest absolute Gasteiger partial charge is 0.384 e. The molecule has 21 heavy (non-hydrogen) atoms. The number of aromatic nitrogens is 1. The maximum absolute atomic E-state index is 11.8. The predicted octanol–water partition coefficient (Wildman–Crippen LogP) is 2.91. The number of rotatable bonds is 2. The number of aromatic amines is 1. The fourth-order valence-corrected chi connectivity index (χ4v) is 3.40. The summed E-state index contributed by atoms with van der Waals surface area (Å²) in [6.45, 7) is 2.90. The van der Waals surface area contributed by atoms with Gasteiger partial charge in [0.1, 0.15) is 6.10 Å². The molecule has 1 saturated heterocycles. The van der Waals surface area contributed by atoms with Crippen molar-refractivity contribution in [2.45, 2.75) is 31.8 Å². The molecule has 0 spiro atoms. The summed E-state index contributed by atoms with van der Waals surface area (Å²) in [4.78, 5) is 16.8. The Morgan fingerprint density at radius 3 is 2.81 bits per heavy atom. The number of amides is 1. The van der Waals surface area contributed by atoms with Gasteiger partial charge >= 0.3 is 0 Å². The molecular formula is C16H19ClN2O2. The van der Waals surface area contributed by atoms with Crippen molar-refractivity contribution in [3.8, 4) is 0 Å². The van der Waals surface area contributed by atoms with Crippen LogP contribution < -0.4 is 0 Å². The third kappa shape index (κ3) is 2.78. The van der Waals surface area contributed by atoms with Crippen molar-refractivity contribution in [2.24, 2.45) is 0 Å². The molecule has 2 heterocycles. The van der Waals surface area contributed by atoms with Gasteiger partial charge in [0.2, 0.25) is 0 Å². The van der Waals surface area contributed by atoms with Gasteiger partial charge in [0, 0.05) is 35.2 Å². The molecule has 1 aliphatic rings. The lowest BCUT2D eigenvalue weighted by Gasteiger charge is -2.33. The molecule has 1 aromatic carbocycles. The van der Waals surface area contributed by atoms with Crippen LogP contribution in [0.2, 0.25) is 5.02 Å². The highest BCUT2D eigenvalue weighted by Gasteiger charge is 2.26. The van der Waals surface area contributed by atoms with Gasteiger partial charge in [-0.25, -0.2) is 0 Å². The molecule has 112 valence electrons. The van der Waals surface area contributed by atoms with Crippen LogP contribution in [-0.2, 0) is 4.79 Å². The molecule has 1 atom stereocenters. The number of fused-ring (bicyclic) bond motifs is 1. The smallest absolute Gasteiger partial charge is 0.251 e. The van der Waals surface area contributed by atoms with E-state index in [0.29, 0.717) is 19.0 Å². The molecule has 0 radical (unpaired) electrons. The molecule has 1 amide bonds. The number of hydrogen-bond donors (Lipinski definition) is 2. The van der Waals surface area contributed by atoms with E-state index in [0.717, 1.165) is 23.4 Å². The summed E-state index contributed by atoms with van der Waals surface area (Å²) in [5.41, 5.74) is 2.31. The number of aliphatic hydroxyl groups excluding tert-OH is 1. The number of nitrogens with one attached hydrogen (secondary N) is 1. The lowest BCUT2D eigenvalue weighted by molar-refractivity contribution is -0.140. The van der Waals surface area contributed by atoms with Gasteiger partial charge in [-0.2, -0.15) is 0 Å². The first-order valence-corrected chi connectivity index (χ1v) is 7.67. The van der Waals surface area contributed by atoms with E-state index >= 15 is 0 Å². The Hall–Kier alpha value is -1.52. The summed E-state index contributed by atoms with van der Waals surface area (Å²) in [6, 6.07) is 6.05. The zero-order chi connectivity index (χ0) is 15.0. The Morgan fingerprint density at radius 2 is 2.14 bits per heavy atom. The minimum Gasteiger partial charge on any atom is -0.384 e. The maximum atomic E-state index is 11.8. The van der Waals surface area contributed by atoms with Crippen LogP contribution in [0.15, 0.2) is 24.4 Å². The van der Waals surface area contributed by atoms with Crippen LogP contribution in [0, 0.1) is 0 Å². The topological polar surface area (TPSA) is 56.3 Å². The van der Waals surface area contributed by atoms with Crippen LogP contribution in [0.25, 0.3) is 10.9 Å². The van der Waals surface area contributed by atoms with E-state index in [1.807, 2.05) is 18.3 Å². The average molecular weight is 307 g/mol. The summed E-state index contributed by atoms with van der Waals surface area (Å²) in [6.07, 6.45) is 2.82. The molecule has 0 bridgehead atoms. The van der Waals surface area contributed by atoms with E-state index in [4.69, 9.17) is 11.6 Å². The zero-order valence-electron chi connectivity index (χ0n) is 12.0. The van der Waals surface area contributed by atoms with Crippen LogP contribution in [0.5, 0.6) is 0 Å². The van der Waals surface area contributed by atoms with Gasteiger partial charge in [-0.15, -0.1) is 0 Å². The Bertz CT molecular complexity index is 657. The Kier molecular flexibility index (Phi) is 3.91. The highest BCUT2D eigenvalue weighted by molar-refractivity contribution is 6.31. The fraction of sp³-hybridized carbons (Fsp3) is 0.438. The van der Waals surface area contributed by atoms with Crippen molar-refractivity contribution in [1.82, 2.24) is 9.88 Å². The Labute approximate surface area is 128 Å². The fourth-order valence-electron chi connectivity index (χ4n) is 3.17. The number of likely N-dealkylation sites (tertiary alicyclic amines) is 1. The van der Waals surface area contributed by atoms with E-state index < -0.39 is 6.10 Å². The van der Waals surface area contributed by atoms with Crippen LogP contribution in [0.1, 0.15) is 31.2 Å². The number of carbonyl (C=O) groups is 1. The van der Waals surface area contributed by atoms with Crippen molar-refractivity contribution in [1.29, 1.82) is 0 Å². The molecule has 2 N–H and O–H groups in total. The van der Waals surface area contributed by atoms with Gasteiger partial charge in [-0.3, -0.25) is 4.79 Å². The molecule has 2 aromatic rings. The van der Waals surface area contributed by atoms with Gasteiger partial charge in [-0.1, -0.05) is 11.6 Å². The van der Waals surface area contributed by atoms with Crippen LogP contribution in [0.4, 0.5) is 0 Å². The second kappa shape index (κ2) is 5.70. The summed E-state index contributed by atoms with van der Waals surface area (Å²) in [7, 11) is 0. The van der Waals surface area contributed by atoms with Crippen molar-refractivity contribution >= 4 is 28.4 Å². The number of aliphatic hydroxyl groups is 1. The summed E-state index contributed by atoms with van der Waals surface area (Å²) >= 11 is 6.20. The van der Waals surface area contributed by atoms with Crippen molar-refractivity contribution < 1.29 is 9.90 Å². The average Bonchev–Trinajstić information content (AvgIpc) is 2.93. The molecular weight excluding hydrogens is 288 g/mol. The molecule has 5 heteroatoms. The van der Waals surface area contributed by atoms with Crippen molar-refractivity contribution in [3.05, 3.63) is 35.0 Å². The van der Waals surface area contributed by atoms with Gasteiger partial charge < -0.3 is 15.0 Å². The first-order chi connectivity index (χ1) is 10.1. The Balaban J connectivity index is 1.80. The number of benzene rings is 1. The van der Waals surface area contributed by atoms with Gasteiger partial charge in [-0.05, 0) is 49.4 Å². The van der Waals surface area contributed by atoms with Gasteiger partial charge in [0.15, 0.2) is 0 Å². The van der Waals surface area contributed by atoms with Crippen LogP contribution >= 0.6 is 11.6 Å². The van der Waals surface area contributed by atoms with Gasteiger partial charge in [0.05, 0.1) is 0 Å². The van der Waals surface area contributed by atoms with E-state index in [2.05, 4.69) is 11.1 Å². The molecule has 0 aliphatic carbocycles. The minimum absolute atomic E-state index is 0.175. The minimum atomic E-state index is -0.913. The SMILES string of the molecule is CC(O)C(=O)N1CCC(c2cc(Cl)cc3[nH]ccc23)CC1. The van der Waals surface area contributed by atoms with E-state index in [-0.39, 0.29) is 5.91 Å². The van der Waals surface area contributed by atoms with Gasteiger partial charge in [0.25, 0.3) is 5.91 Å². The predicted molar refractivity (Wildman–Crippen MR) is 83.5 cm³/mol. The molecule has 0 saturated carbocycles. The molecule has 1 fully saturated rings. The third-order valence-corrected chi connectivity index (χ3v) is 4.49. The number of halogens is 1. The lowest BCUT2D eigenvalue weighted by atomic mass is 9.87. The molecule has 1 aliphatic heterocycles. The number of carbonyl (C=O) groups excluding carboxylic acids is 1. The number of piperidine rings is 1. The number of H-pyrrole nitrogens is 1. The monoisotopic (exact) mass is 306 g/mol. The Morgan fingerprint density at radius 1 is 1.43 bits per heavy atom. The van der Waals surface area contributed by atoms with Crippen LogP contribution in [-0.4, -0.2) is 40.1 Å². The quantitative estimate of drug-likeness (QED) is 0.896. The molecule has 4 nitrogen and oxygen atoms in total. The zero-order valence-corrected chi connectivity index (χ0v) is 12.7. The standard InChI is InChI=1S/C16H19ClN2O2/c1-10(20)16(21)19-6-3-11(4-7-19)14-8-12(17)9-15-13(14)2-5-18-15/h2,5,8-11,18,20H,3-4,6-7H2,1H3. The number of nitrogens with zero attached hydrogens (tertiary/aromatic N) is 1. The second-order valence-corrected chi connectivity index (χ2v) is 6.15. The van der Waals surface area contributed by atoms with E-state index in [1.54, 1.807) is 4.90 Å². The first-order valence-electron chi connectivity index (χ1n) is 7.29. The van der Waals surface area contributed by atoms with E-state index in [1.165, 1.54) is 17.9 Å². The normalized spacial score (nSPS) is 18.1. The number of hydrogen-bond acceptors (Lipinski definition) is 2. The highest BCUT2D eigenvalue weighted by Crippen LogP contribution is 2.35. The van der Waals surface area contributed by atoms with Crippen LogP contribution in [0.3, 0.4) is 0 Å². The summed E-state index contributed by atoms with van der Waals surface area (Å²) in [5.74, 6) is 0.228. The first kappa shape index (κ1) is 14.4. The van der Waals surface area contributed by atoms with Crippen molar-refractivity contribution in [2.75, 3.05) is 13.1 Å². The molecule has 3 rings (SSSR count).